The normalized spacial score (nSPS) is 12.8. The van der Waals surface area contributed by atoms with Crippen LogP contribution in [0, 0.1) is 18.8 Å². The Bertz CT molecular complexity index is 446. The van der Waals surface area contributed by atoms with E-state index in [0.29, 0.717) is 18.3 Å². The van der Waals surface area contributed by atoms with Crippen LogP contribution >= 0.6 is 0 Å². The van der Waals surface area contributed by atoms with Crippen LogP contribution in [0.2, 0.25) is 0 Å². The number of ether oxygens (including phenoxy) is 1. The highest BCUT2D eigenvalue weighted by Gasteiger charge is 2.25. The molecule has 1 atom stereocenters. The third-order valence-corrected chi connectivity index (χ3v) is 3.77. The molecule has 1 aromatic rings. The number of hydrogen-bond donors (Lipinski definition) is 1. The summed E-state index contributed by atoms with van der Waals surface area (Å²) in [4.78, 5) is 12.5. The molecule has 21 heavy (non-hydrogen) atoms. The van der Waals surface area contributed by atoms with Crippen LogP contribution in [0.15, 0.2) is 24.3 Å². The van der Waals surface area contributed by atoms with E-state index in [4.69, 9.17) is 4.74 Å². The molecule has 3 nitrogen and oxygen atoms in total. The molecule has 0 aliphatic heterocycles. The number of aryl methyl sites for hydroxylation is 1. The molecule has 0 unspecified atom stereocenters. The minimum Gasteiger partial charge on any atom is -0.480 e. The predicted molar refractivity (Wildman–Crippen MR) is 87.5 cm³/mol. The van der Waals surface area contributed by atoms with E-state index >= 15 is 0 Å². The number of para-hydroxylation sites is 1. The molecule has 1 amide bonds. The van der Waals surface area contributed by atoms with E-state index in [9.17, 15) is 4.79 Å². The second kappa shape index (κ2) is 8.06. The van der Waals surface area contributed by atoms with Crippen molar-refractivity contribution >= 4 is 5.91 Å². The van der Waals surface area contributed by atoms with Crippen LogP contribution in [0.3, 0.4) is 0 Å². The summed E-state index contributed by atoms with van der Waals surface area (Å²) in [6.45, 7) is 12.5. The Labute approximate surface area is 129 Å². The molecule has 1 aromatic carbocycles. The highest BCUT2D eigenvalue weighted by molar-refractivity contribution is 5.81. The first-order chi connectivity index (χ1) is 9.86. The molecule has 0 heterocycles. The van der Waals surface area contributed by atoms with Gasteiger partial charge in [0.2, 0.25) is 0 Å². The zero-order valence-corrected chi connectivity index (χ0v) is 14.1. The van der Waals surface area contributed by atoms with Crippen molar-refractivity contribution in [3.63, 3.8) is 0 Å². The fraction of sp³-hybridized carbons (Fsp3) is 0.611. The lowest BCUT2D eigenvalue weighted by Gasteiger charge is -2.28. The van der Waals surface area contributed by atoms with Gasteiger partial charge in [0.05, 0.1) is 0 Å². The monoisotopic (exact) mass is 291 g/mol. The van der Waals surface area contributed by atoms with E-state index in [2.05, 4.69) is 33.0 Å². The van der Waals surface area contributed by atoms with Gasteiger partial charge in [-0.25, -0.2) is 0 Å². The zero-order chi connectivity index (χ0) is 16.0. The molecule has 0 aliphatic carbocycles. The van der Waals surface area contributed by atoms with Crippen molar-refractivity contribution in [3.8, 4) is 5.75 Å². The summed E-state index contributed by atoms with van der Waals surface area (Å²) in [5.41, 5.74) is 1.05. The lowest BCUT2D eigenvalue weighted by molar-refractivity contribution is -0.129. The molecule has 118 valence electrons. The molecule has 0 aliphatic rings. The van der Waals surface area contributed by atoms with Crippen LogP contribution in [0.1, 0.15) is 46.6 Å². The number of rotatable bonds is 7. The largest absolute Gasteiger partial charge is 0.480 e. The van der Waals surface area contributed by atoms with E-state index in [1.54, 1.807) is 0 Å². The van der Waals surface area contributed by atoms with Gasteiger partial charge in [-0.3, -0.25) is 4.79 Å². The quantitative estimate of drug-likeness (QED) is 0.826. The van der Waals surface area contributed by atoms with E-state index in [-0.39, 0.29) is 11.9 Å². The smallest absolute Gasteiger partial charge is 0.261 e. The van der Waals surface area contributed by atoms with Crippen LogP contribution in [-0.4, -0.2) is 18.1 Å². The van der Waals surface area contributed by atoms with Crippen molar-refractivity contribution in [2.45, 2.75) is 60.1 Å². The number of benzene rings is 1. The summed E-state index contributed by atoms with van der Waals surface area (Å²) in [6, 6.07) is 7.97. The first-order valence-electron chi connectivity index (χ1n) is 7.89. The summed E-state index contributed by atoms with van der Waals surface area (Å²) in [6.07, 6.45) is 0.217. The zero-order valence-electron chi connectivity index (χ0n) is 14.1. The second-order valence-electron chi connectivity index (χ2n) is 6.30. The number of carbonyl (C=O) groups is 1. The number of hydrogen-bond acceptors (Lipinski definition) is 2. The van der Waals surface area contributed by atoms with E-state index in [1.165, 1.54) is 0 Å². The van der Waals surface area contributed by atoms with Crippen molar-refractivity contribution in [1.82, 2.24) is 5.32 Å². The maximum atomic E-state index is 12.5. The molecule has 0 fully saturated rings. The van der Waals surface area contributed by atoms with Gasteiger partial charge in [0.1, 0.15) is 5.75 Å². The van der Waals surface area contributed by atoms with Gasteiger partial charge in [-0.05, 0) is 36.8 Å². The Morgan fingerprint density at radius 1 is 1.14 bits per heavy atom. The number of amides is 1. The third-order valence-electron chi connectivity index (χ3n) is 3.77. The maximum absolute atomic E-state index is 12.5. The summed E-state index contributed by atoms with van der Waals surface area (Å²) in [7, 11) is 0. The van der Waals surface area contributed by atoms with Crippen LogP contribution in [0.25, 0.3) is 0 Å². The van der Waals surface area contributed by atoms with Gasteiger partial charge in [-0.2, -0.15) is 0 Å². The predicted octanol–water partition coefficient (Wildman–Crippen LogP) is 3.95. The molecule has 0 saturated heterocycles. The Morgan fingerprint density at radius 3 is 2.19 bits per heavy atom. The van der Waals surface area contributed by atoms with Gasteiger partial charge < -0.3 is 10.1 Å². The van der Waals surface area contributed by atoms with Gasteiger partial charge in [-0.1, -0.05) is 52.8 Å². The standard InChI is InChI=1S/C18H29NO2/c1-7-15(21-16-11-9-8-10-14(16)6)18(20)19-17(12(2)3)13(4)5/h8-13,15,17H,7H2,1-6H3,(H,19,20)/t15-/m0/s1. The van der Waals surface area contributed by atoms with Crippen LogP contribution < -0.4 is 10.1 Å². The van der Waals surface area contributed by atoms with Crippen molar-refractivity contribution in [2.24, 2.45) is 11.8 Å². The van der Waals surface area contributed by atoms with Gasteiger partial charge >= 0.3 is 0 Å². The molecule has 1 N–H and O–H groups in total. The Kier molecular flexibility index (Phi) is 6.73. The SMILES string of the molecule is CC[C@H](Oc1ccccc1C)C(=O)NC(C(C)C)C(C)C. The summed E-state index contributed by atoms with van der Waals surface area (Å²) in [5, 5.41) is 3.14. The van der Waals surface area contributed by atoms with Crippen molar-refractivity contribution in [3.05, 3.63) is 29.8 Å². The minimum absolute atomic E-state index is 0.0202. The molecule has 1 rings (SSSR count). The molecule has 0 aromatic heterocycles. The fourth-order valence-electron chi connectivity index (χ4n) is 2.52. The topological polar surface area (TPSA) is 38.3 Å². The van der Waals surface area contributed by atoms with E-state index in [0.717, 1.165) is 11.3 Å². The Balaban J connectivity index is 2.76. The maximum Gasteiger partial charge on any atom is 0.261 e. The van der Waals surface area contributed by atoms with Crippen LogP contribution in [0.5, 0.6) is 5.75 Å². The van der Waals surface area contributed by atoms with Gasteiger partial charge in [0, 0.05) is 6.04 Å². The molecule has 0 saturated carbocycles. The lowest BCUT2D eigenvalue weighted by atomic mass is 9.93. The summed E-state index contributed by atoms with van der Waals surface area (Å²) in [5.74, 6) is 1.58. The van der Waals surface area contributed by atoms with Crippen LogP contribution in [-0.2, 0) is 4.79 Å². The van der Waals surface area contributed by atoms with Crippen molar-refractivity contribution in [2.75, 3.05) is 0 Å². The minimum atomic E-state index is -0.439. The van der Waals surface area contributed by atoms with E-state index in [1.807, 2.05) is 38.1 Å². The third kappa shape index (κ3) is 5.07. The fourth-order valence-corrected chi connectivity index (χ4v) is 2.52. The van der Waals surface area contributed by atoms with Crippen molar-refractivity contribution < 1.29 is 9.53 Å². The lowest BCUT2D eigenvalue weighted by Crippen LogP contribution is -2.48. The Hall–Kier alpha value is -1.51. The molecule has 0 radical (unpaired) electrons. The van der Waals surface area contributed by atoms with Crippen LogP contribution in [0.4, 0.5) is 0 Å². The van der Waals surface area contributed by atoms with Gasteiger partial charge in [0.15, 0.2) is 6.10 Å². The number of nitrogens with one attached hydrogen (secondary N) is 1. The average Bonchev–Trinajstić information content (AvgIpc) is 2.42. The molecule has 3 heteroatoms. The number of carbonyl (C=O) groups excluding carboxylic acids is 1. The van der Waals surface area contributed by atoms with E-state index < -0.39 is 6.10 Å². The molecule has 0 bridgehead atoms. The first-order valence-corrected chi connectivity index (χ1v) is 7.89. The molecular weight excluding hydrogens is 262 g/mol. The summed E-state index contributed by atoms with van der Waals surface area (Å²) < 4.78 is 5.90. The average molecular weight is 291 g/mol. The highest BCUT2D eigenvalue weighted by atomic mass is 16.5. The highest BCUT2D eigenvalue weighted by Crippen LogP contribution is 2.19. The Morgan fingerprint density at radius 2 is 1.71 bits per heavy atom. The van der Waals surface area contributed by atoms with Gasteiger partial charge in [0.25, 0.3) is 5.91 Å². The summed E-state index contributed by atoms with van der Waals surface area (Å²) >= 11 is 0. The van der Waals surface area contributed by atoms with Gasteiger partial charge in [-0.15, -0.1) is 0 Å². The molecule has 0 spiro atoms. The first kappa shape index (κ1) is 17.5. The molecular formula is C18H29NO2. The second-order valence-corrected chi connectivity index (χ2v) is 6.30. The van der Waals surface area contributed by atoms with Crippen molar-refractivity contribution in [1.29, 1.82) is 0 Å².